The smallest absolute Gasteiger partial charge is 0.416 e. The van der Waals surface area contributed by atoms with E-state index in [2.05, 4.69) is 15.5 Å². The first-order valence-electron chi connectivity index (χ1n) is 8.38. The van der Waals surface area contributed by atoms with Gasteiger partial charge in [-0.1, -0.05) is 37.6 Å². The van der Waals surface area contributed by atoms with Crippen molar-refractivity contribution in [2.45, 2.75) is 49.4 Å². The molecule has 28 heavy (non-hydrogen) atoms. The second-order valence-electron chi connectivity index (χ2n) is 5.81. The summed E-state index contributed by atoms with van der Waals surface area (Å²) >= 11 is 0.915. The number of hydrogen-bond acceptors (Lipinski definition) is 6. The van der Waals surface area contributed by atoms with E-state index < -0.39 is 28.9 Å². The predicted octanol–water partition coefficient (Wildman–Crippen LogP) is 3.75. The Bertz CT molecular complexity index is 826. The van der Waals surface area contributed by atoms with Crippen LogP contribution in [-0.2, 0) is 17.5 Å². The van der Waals surface area contributed by atoms with Gasteiger partial charge in [-0.2, -0.15) is 13.2 Å². The summed E-state index contributed by atoms with van der Waals surface area (Å²) in [6.07, 6.45) is -2.52. The fourth-order valence-corrected chi connectivity index (χ4v) is 3.06. The van der Waals surface area contributed by atoms with Crippen LogP contribution in [0.3, 0.4) is 0 Å². The quantitative estimate of drug-likeness (QED) is 0.599. The first kappa shape index (κ1) is 21.7. The lowest BCUT2D eigenvalue weighted by Crippen LogP contribution is -2.23. The Hall–Kier alpha value is -2.56. The van der Waals surface area contributed by atoms with Crippen LogP contribution in [-0.4, -0.2) is 32.4 Å². The maximum Gasteiger partial charge on any atom is 0.416 e. The largest absolute Gasteiger partial charge is 0.480 e. The molecule has 1 amide bonds. The number of alkyl halides is 3. The Morgan fingerprint density at radius 1 is 1.32 bits per heavy atom. The van der Waals surface area contributed by atoms with Gasteiger partial charge in [0.05, 0.1) is 12.1 Å². The van der Waals surface area contributed by atoms with E-state index in [1.54, 1.807) is 0 Å². The van der Waals surface area contributed by atoms with E-state index in [1.807, 2.05) is 6.92 Å². The Morgan fingerprint density at radius 3 is 2.71 bits per heavy atom. The Morgan fingerprint density at radius 2 is 2.07 bits per heavy atom. The van der Waals surface area contributed by atoms with Gasteiger partial charge in [-0.25, -0.2) is 0 Å². The van der Waals surface area contributed by atoms with Gasteiger partial charge in [0.15, 0.2) is 0 Å². The first-order valence-corrected chi connectivity index (χ1v) is 9.26. The Balaban J connectivity index is 1.95. The van der Waals surface area contributed by atoms with Crippen molar-refractivity contribution < 1.29 is 32.3 Å². The van der Waals surface area contributed by atoms with Crippen LogP contribution < -0.4 is 5.32 Å². The molecular weight excluding hydrogens is 399 g/mol. The Kier molecular flexibility index (Phi) is 7.44. The maximum atomic E-state index is 12.7. The molecule has 0 saturated carbocycles. The monoisotopic (exact) mass is 417 g/mol. The average molecular weight is 417 g/mol. The molecule has 0 saturated heterocycles. The molecule has 0 bridgehead atoms. The highest BCUT2D eigenvalue weighted by Crippen LogP contribution is 2.29. The lowest BCUT2D eigenvalue weighted by atomic mass is 10.1. The molecule has 7 nitrogen and oxygen atoms in total. The molecule has 0 unspecified atom stereocenters. The van der Waals surface area contributed by atoms with Gasteiger partial charge in [0.1, 0.15) is 5.25 Å². The number of aromatic nitrogens is 2. The number of unbranched alkanes of at least 4 members (excludes halogenated alkanes) is 1. The molecular formula is C17H18F3N3O4S. The molecule has 0 aliphatic heterocycles. The molecule has 0 aliphatic carbocycles. The summed E-state index contributed by atoms with van der Waals surface area (Å²) in [5.74, 6) is -1.71. The molecule has 2 aromatic rings. The number of amides is 1. The third-order valence-corrected chi connectivity index (χ3v) is 4.73. The van der Waals surface area contributed by atoms with Crippen LogP contribution >= 0.6 is 11.8 Å². The number of halogens is 3. The normalized spacial score (nSPS) is 12.6. The maximum absolute atomic E-state index is 12.7. The zero-order valence-corrected chi connectivity index (χ0v) is 15.6. The van der Waals surface area contributed by atoms with Gasteiger partial charge in [0, 0.05) is 5.56 Å². The number of carboxylic acid groups (broad SMARTS) is 1. The minimum atomic E-state index is -4.55. The summed E-state index contributed by atoms with van der Waals surface area (Å²) in [4.78, 5) is 23.3. The fraction of sp³-hybridized carbons (Fsp3) is 0.412. The minimum absolute atomic E-state index is 0.0162. The van der Waals surface area contributed by atoms with Crippen LogP contribution in [0.4, 0.5) is 13.2 Å². The lowest BCUT2D eigenvalue weighted by molar-refractivity contribution is -0.138. The summed E-state index contributed by atoms with van der Waals surface area (Å²) in [6.45, 7) is 1.75. The zero-order chi connectivity index (χ0) is 20.7. The van der Waals surface area contributed by atoms with Gasteiger partial charge in [-0.05, 0) is 24.6 Å². The van der Waals surface area contributed by atoms with Crippen molar-refractivity contribution in [3.8, 4) is 0 Å². The number of hydrogen-bond donors (Lipinski definition) is 2. The molecule has 1 heterocycles. The molecule has 11 heteroatoms. The minimum Gasteiger partial charge on any atom is -0.480 e. The number of nitrogens with one attached hydrogen (secondary N) is 1. The number of carbonyl (C=O) groups is 2. The number of aliphatic carboxylic acids is 1. The second-order valence-corrected chi connectivity index (χ2v) is 6.96. The topological polar surface area (TPSA) is 105 Å². The van der Waals surface area contributed by atoms with E-state index in [1.165, 1.54) is 6.07 Å². The molecule has 0 fully saturated rings. The number of rotatable bonds is 9. The zero-order valence-electron chi connectivity index (χ0n) is 14.8. The van der Waals surface area contributed by atoms with Crippen LogP contribution in [0.5, 0.6) is 0 Å². The predicted molar refractivity (Wildman–Crippen MR) is 93.7 cm³/mol. The molecule has 152 valence electrons. The molecule has 1 aromatic carbocycles. The molecule has 1 atom stereocenters. The van der Waals surface area contributed by atoms with Crippen molar-refractivity contribution in [2.75, 3.05) is 0 Å². The van der Waals surface area contributed by atoms with Crippen molar-refractivity contribution in [2.24, 2.45) is 0 Å². The summed E-state index contributed by atoms with van der Waals surface area (Å²) in [5.41, 5.74) is -1.09. The van der Waals surface area contributed by atoms with Gasteiger partial charge in [-0.3, -0.25) is 9.59 Å². The third kappa shape index (κ3) is 6.25. The van der Waals surface area contributed by atoms with Gasteiger partial charge < -0.3 is 14.8 Å². The van der Waals surface area contributed by atoms with Crippen LogP contribution in [0.25, 0.3) is 0 Å². The summed E-state index contributed by atoms with van der Waals surface area (Å²) in [6, 6.07) is 4.01. The van der Waals surface area contributed by atoms with E-state index in [0.29, 0.717) is 6.42 Å². The van der Waals surface area contributed by atoms with E-state index in [-0.39, 0.29) is 23.2 Å². The van der Waals surface area contributed by atoms with Crippen LogP contribution in [0.1, 0.15) is 48.0 Å². The first-order chi connectivity index (χ1) is 13.2. The molecule has 2 rings (SSSR count). The van der Waals surface area contributed by atoms with E-state index in [9.17, 15) is 27.9 Å². The highest BCUT2D eigenvalue weighted by molar-refractivity contribution is 8.00. The summed E-state index contributed by atoms with van der Waals surface area (Å²) < 4.78 is 43.4. The van der Waals surface area contributed by atoms with Crippen LogP contribution in [0.15, 0.2) is 33.9 Å². The number of benzene rings is 1. The molecule has 0 radical (unpaired) electrons. The fourth-order valence-electron chi connectivity index (χ4n) is 2.20. The van der Waals surface area contributed by atoms with Crippen molar-refractivity contribution in [3.05, 3.63) is 41.3 Å². The van der Waals surface area contributed by atoms with Gasteiger partial charge in [-0.15, -0.1) is 10.2 Å². The number of carboxylic acids is 1. The lowest BCUT2D eigenvalue weighted by Gasteiger charge is -2.08. The van der Waals surface area contributed by atoms with Gasteiger partial charge >= 0.3 is 12.1 Å². The SMILES string of the molecule is CCCC[C@H](Sc1nnc(CNC(=O)c2cccc(C(F)(F)F)c2)o1)C(=O)O. The molecule has 1 aromatic heterocycles. The second kappa shape index (κ2) is 9.58. The van der Waals surface area contributed by atoms with Crippen molar-refractivity contribution in [1.82, 2.24) is 15.5 Å². The summed E-state index contributed by atoms with van der Waals surface area (Å²) in [7, 11) is 0. The van der Waals surface area contributed by atoms with Crippen molar-refractivity contribution in [1.29, 1.82) is 0 Å². The van der Waals surface area contributed by atoms with E-state index in [0.717, 1.165) is 42.8 Å². The summed E-state index contributed by atoms with van der Waals surface area (Å²) in [5, 5.41) is 18.3. The van der Waals surface area contributed by atoms with E-state index >= 15 is 0 Å². The van der Waals surface area contributed by atoms with Gasteiger partial charge in [0.25, 0.3) is 11.1 Å². The molecule has 2 N–H and O–H groups in total. The standard InChI is InChI=1S/C17H18F3N3O4S/c1-2-3-7-12(15(25)26)28-16-23-22-13(27-16)9-21-14(24)10-5-4-6-11(8-10)17(18,19)20/h4-6,8,12H,2-3,7,9H2,1H3,(H,21,24)(H,25,26)/t12-/m0/s1. The highest BCUT2D eigenvalue weighted by atomic mass is 32.2. The number of thioether (sulfide) groups is 1. The molecule has 0 aliphatic rings. The van der Waals surface area contributed by atoms with Crippen molar-refractivity contribution >= 4 is 23.6 Å². The number of carbonyl (C=O) groups excluding carboxylic acids is 1. The van der Waals surface area contributed by atoms with Gasteiger partial charge in [0.2, 0.25) is 5.89 Å². The third-order valence-electron chi connectivity index (χ3n) is 3.64. The average Bonchev–Trinajstić information content (AvgIpc) is 3.10. The van der Waals surface area contributed by atoms with E-state index in [4.69, 9.17) is 4.42 Å². The van der Waals surface area contributed by atoms with Crippen LogP contribution in [0.2, 0.25) is 0 Å². The Labute approximate surface area is 162 Å². The number of nitrogens with zero attached hydrogens (tertiary/aromatic N) is 2. The van der Waals surface area contributed by atoms with Crippen molar-refractivity contribution in [3.63, 3.8) is 0 Å². The highest BCUT2D eigenvalue weighted by Gasteiger charge is 2.31. The molecule has 0 spiro atoms. The van der Waals surface area contributed by atoms with Crippen LogP contribution in [0, 0.1) is 0 Å².